The van der Waals surface area contributed by atoms with Gasteiger partial charge in [-0.3, -0.25) is 0 Å². The van der Waals surface area contributed by atoms with Gasteiger partial charge >= 0.3 is 12.1 Å². The summed E-state index contributed by atoms with van der Waals surface area (Å²) in [7, 11) is 0. The summed E-state index contributed by atoms with van der Waals surface area (Å²) in [5, 5.41) is 0.390. The SMILES string of the molecule is CCOC(=O)c1c[nH]c2cc(C(F)(F)F)c(C)cc2c1=S. The van der Waals surface area contributed by atoms with Gasteiger partial charge in [-0.1, -0.05) is 12.2 Å². The number of ether oxygens (including phenoxy) is 1. The first kappa shape index (κ1) is 15.5. The van der Waals surface area contributed by atoms with E-state index in [0.717, 1.165) is 6.07 Å². The molecule has 1 aromatic heterocycles. The van der Waals surface area contributed by atoms with Gasteiger partial charge in [-0.2, -0.15) is 13.2 Å². The number of alkyl halides is 3. The van der Waals surface area contributed by atoms with Crippen LogP contribution >= 0.6 is 12.2 Å². The van der Waals surface area contributed by atoms with Crippen LogP contribution in [0.25, 0.3) is 10.9 Å². The number of nitrogens with one attached hydrogen (secondary N) is 1. The quantitative estimate of drug-likeness (QED) is 0.659. The molecule has 1 N–H and O–H groups in total. The Morgan fingerprint density at radius 2 is 2.05 bits per heavy atom. The average Bonchev–Trinajstić information content (AvgIpc) is 2.38. The largest absolute Gasteiger partial charge is 0.462 e. The Morgan fingerprint density at radius 1 is 1.38 bits per heavy atom. The molecule has 0 amide bonds. The summed E-state index contributed by atoms with van der Waals surface area (Å²) < 4.78 is 43.7. The van der Waals surface area contributed by atoms with Crippen molar-refractivity contribution >= 4 is 29.1 Å². The van der Waals surface area contributed by atoms with Crippen LogP contribution in [0.5, 0.6) is 0 Å². The summed E-state index contributed by atoms with van der Waals surface area (Å²) in [6, 6.07) is 2.33. The van der Waals surface area contributed by atoms with Gasteiger partial charge in [0.25, 0.3) is 0 Å². The van der Waals surface area contributed by atoms with Crippen molar-refractivity contribution in [2.24, 2.45) is 0 Å². The van der Waals surface area contributed by atoms with Crippen LogP contribution in [-0.4, -0.2) is 17.6 Å². The highest BCUT2D eigenvalue weighted by atomic mass is 32.1. The van der Waals surface area contributed by atoms with Gasteiger partial charge in [0.2, 0.25) is 0 Å². The number of hydrogen-bond acceptors (Lipinski definition) is 3. The average molecular weight is 315 g/mol. The van der Waals surface area contributed by atoms with Crippen molar-refractivity contribution in [2.75, 3.05) is 6.61 Å². The van der Waals surface area contributed by atoms with Gasteiger partial charge in [0.1, 0.15) is 0 Å². The molecule has 0 aliphatic carbocycles. The predicted molar refractivity (Wildman–Crippen MR) is 74.8 cm³/mol. The molecule has 0 aliphatic rings. The molecule has 0 saturated carbocycles. The van der Waals surface area contributed by atoms with E-state index in [9.17, 15) is 18.0 Å². The van der Waals surface area contributed by atoms with Gasteiger partial charge in [0, 0.05) is 17.1 Å². The summed E-state index contributed by atoms with van der Waals surface area (Å²) in [4.78, 5) is 14.4. The number of benzene rings is 1. The summed E-state index contributed by atoms with van der Waals surface area (Å²) in [5.41, 5.74) is -0.315. The monoisotopic (exact) mass is 315 g/mol. The molecule has 0 aliphatic heterocycles. The van der Waals surface area contributed by atoms with Crippen LogP contribution in [0.2, 0.25) is 0 Å². The minimum absolute atomic E-state index is 0.0514. The van der Waals surface area contributed by atoms with Crippen molar-refractivity contribution < 1.29 is 22.7 Å². The first-order chi connectivity index (χ1) is 9.75. The van der Waals surface area contributed by atoms with E-state index in [0.29, 0.717) is 5.39 Å². The number of aryl methyl sites for hydroxylation is 1. The molecule has 0 radical (unpaired) electrons. The van der Waals surface area contributed by atoms with Crippen LogP contribution in [0.15, 0.2) is 18.3 Å². The first-order valence-corrected chi connectivity index (χ1v) is 6.57. The molecule has 0 unspecified atom stereocenters. The van der Waals surface area contributed by atoms with Crippen LogP contribution in [0, 0.1) is 11.4 Å². The van der Waals surface area contributed by atoms with Gasteiger partial charge in [-0.25, -0.2) is 4.79 Å². The Balaban J connectivity index is 2.68. The third kappa shape index (κ3) is 2.92. The van der Waals surface area contributed by atoms with Crippen molar-refractivity contribution in [1.29, 1.82) is 0 Å². The summed E-state index contributed by atoms with van der Waals surface area (Å²) in [5.74, 6) is -0.599. The lowest BCUT2D eigenvalue weighted by molar-refractivity contribution is -0.137. The summed E-state index contributed by atoms with van der Waals surface area (Å²) in [6.07, 6.45) is -3.16. The molecule has 1 heterocycles. The van der Waals surface area contributed by atoms with Crippen LogP contribution in [0.1, 0.15) is 28.4 Å². The molecular formula is C14H12F3NO2S. The third-order valence-electron chi connectivity index (χ3n) is 3.03. The number of hydrogen-bond donors (Lipinski definition) is 1. The predicted octanol–water partition coefficient (Wildman–Crippen LogP) is 4.40. The van der Waals surface area contributed by atoms with E-state index in [1.54, 1.807) is 6.92 Å². The van der Waals surface area contributed by atoms with Gasteiger partial charge < -0.3 is 9.72 Å². The fourth-order valence-corrected chi connectivity index (χ4v) is 2.35. The molecule has 3 nitrogen and oxygen atoms in total. The molecule has 7 heteroatoms. The van der Waals surface area contributed by atoms with Crippen LogP contribution in [0.3, 0.4) is 0 Å². The second-order valence-corrected chi connectivity index (χ2v) is 4.87. The van der Waals surface area contributed by atoms with Crippen LogP contribution in [0.4, 0.5) is 13.2 Å². The smallest absolute Gasteiger partial charge is 0.416 e. The second kappa shape index (κ2) is 5.48. The zero-order valence-corrected chi connectivity index (χ0v) is 12.1. The molecule has 0 fully saturated rings. The third-order valence-corrected chi connectivity index (χ3v) is 3.47. The topological polar surface area (TPSA) is 42.1 Å². The molecule has 112 valence electrons. The maximum atomic E-state index is 12.9. The van der Waals surface area contributed by atoms with Crippen LogP contribution in [-0.2, 0) is 10.9 Å². The molecule has 21 heavy (non-hydrogen) atoms. The molecule has 0 saturated heterocycles. The standard InChI is InChI=1S/C14H12F3NO2S/c1-3-20-13(19)9-6-18-11-5-10(14(15,16)17)7(2)4-8(11)12(9)21/h4-6H,3H2,1-2H3,(H,18,21). The highest BCUT2D eigenvalue weighted by Gasteiger charge is 2.32. The fraction of sp³-hybridized carbons (Fsp3) is 0.286. The van der Waals surface area contributed by atoms with Gasteiger partial charge in [-0.05, 0) is 31.5 Å². The maximum Gasteiger partial charge on any atom is 0.416 e. The zero-order valence-electron chi connectivity index (χ0n) is 11.3. The number of fused-ring (bicyclic) bond motifs is 1. The lowest BCUT2D eigenvalue weighted by atomic mass is 10.0. The first-order valence-electron chi connectivity index (χ1n) is 6.16. The fourth-order valence-electron chi connectivity index (χ4n) is 2.04. The Bertz CT molecular complexity index is 765. The van der Waals surface area contributed by atoms with E-state index >= 15 is 0 Å². The summed E-state index contributed by atoms with van der Waals surface area (Å²) >= 11 is 5.18. The molecular weight excluding hydrogens is 303 g/mol. The van der Waals surface area contributed by atoms with E-state index in [1.807, 2.05) is 0 Å². The zero-order chi connectivity index (χ0) is 15.8. The molecule has 0 spiro atoms. The van der Waals surface area contributed by atoms with E-state index in [1.165, 1.54) is 19.2 Å². The minimum atomic E-state index is -4.44. The Hall–Kier alpha value is -1.89. The molecule has 0 bridgehead atoms. The number of aromatic nitrogens is 1. The Labute approximate surface area is 123 Å². The van der Waals surface area contributed by atoms with Crippen LogP contribution < -0.4 is 0 Å². The molecule has 0 atom stereocenters. The number of aromatic amines is 1. The molecule has 2 aromatic rings. The van der Waals surface area contributed by atoms with Gasteiger partial charge in [0.05, 0.1) is 22.2 Å². The Kier molecular flexibility index (Phi) is 4.04. The lowest BCUT2D eigenvalue weighted by Crippen LogP contribution is -2.09. The highest BCUT2D eigenvalue weighted by Crippen LogP contribution is 2.34. The Morgan fingerprint density at radius 3 is 2.62 bits per heavy atom. The van der Waals surface area contributed by atoms with Crippen molar-refractivity contribution in [3.63, 3.8) is 0 Å². The number of halogens is 3. The lowest BCUT2D eigenvalue weighted by Gasteiger charge is -2.12. The number of rotatable bonds is 2. The van der Waals surface area contributed by atoms with E-state index in [2.05, 4.69) is 4.98 Å². The van der Waals surface area contributed by atoms with Crippen molar-refractivity contribution in [1.82, 2.24) is 4.98 Å². The maximum absolute atomic E-state index is 12.9. The van der Waals surface area contributed by atoms with E-state index in [4.69, 9.17) is 17.0 Å². The number of H-pyrrole nitrogens is 1. The number of esters is 1. The normalized spacial score (nSPS) is 11.7. The number of pyridine rings is 1. The minimum Gasteiger partial charge on any atom is -0.462 e. The molecule has 1 aromatic carbocycles. The second-order valence-electron chi connectivity index (χ2n) is 4.46. The van der Waals surface area contributed by atoms with Crippen molar-refractivity contribution in [3.8, 4) is 0 Å². The van der Waals surface area contributed by atoms with Gasteiger partial charge in [0.15, 0.2) is 0 Å². The van der Waals surface area contributed by atoms with Crippen molar-refractivity contribution in [2.45, 2.75) is 20.0 Å². The highest BCUT2D eigenvalue weighted by molar-refractivity contribution is 7.71. The van der Waals surface area contributed by atoms with Crippen molar-refractivity contribution in [3.05, 3.63) is 39.5 Å². The summed E-state index contributed by atoms with van der Waals surface area (Å²) in [6.45, 7) is 3.21. The number of carbonyl (C=O) groups excluding carboxylic acids is 1. The molecule has 2 rings (SSSR count). The van der Waals surface area contributed by atoms with E-state index in [-0.39, 0.29) is 27.8 Å². The van der Waals surface area contributed by atoms with Gasteiger partial charge in [-0.15, -0.1) is 0 Å². The van der Waals surface area contributed by atoms with E-state index < -0.39 is 17.7 Å². The number of carbonyl (C=O) groups is 1.